The van der Waals surface area contributed by atoms with Crippen LogP contribution in [0.5, 0.6) is 0 Å². The molecule has 1 fully saturated rings. The number of likely N-dealkylation sites (N-methyl/N-ethyl adjacent to an activating group) is 1. The van der Waals surface area contributed by atoms with E-state index in [0.717, 1.165) is 25.2 Å². The van der Waals surface area contributed by atoms with E-state index in [1.807, 2.05) is 49.5 Å². The van der Waals surface area contributed by atoms with Crippen LogP contribution in [0.1, 0.15) is 23.6 Å². The van der Waals surface area contributed by atoms with E-state index < -0.39 is 0 Å². The zero-order valence-electron chi connectivity index (χ0n) is 14.3. The van der Waals surface area contributed by atoms with Crippen molar-refractivity contribution in [1.82, 2.24) is 19.8 Å². The predicted molar refractivity (Wildman–Crippen MR) is 93.3 cm³/mol. The summed E-state index contributed by atoms with van der Waals surface area (Å²) in [6.45, 7) is 2.14. The van der Waals surface area contributed by atoms with Crippen molar-refractivity contribution in [2.75, 3.05) is 27.2 Å². The largest absolute Gasteiger partial charge is 0.335 e. The first-order chi connectivity index (χ1) is 11.6. The molecular weight excluding hydrogens is 300 g/mol. The van der Waals surface area contributed by atoms with Crippen LogP contribution in [-0.2, 0) is 11.3 Å². The van der Waals surface area contributed by atoms with E-state index in [-0.39, 0.29) is 11.8 Å². The molecule has 0 radical (unpaired) electrons. The van der Waals surface area contributed by atoms with Gasteiger partial charge in [-0.05, 0) is 50.2 Å². The van der Waals surface area contributed by atoms with Gasteiger partial charge in [0.1, 0.15) is 0 Å². The first-order valence-electron chi connectivity index (χ1n) is 8.38. The van der Waals surface area contributed by atoms with Crippen LogP contribution in [0.4, 0.5) is 0 Å². The Morgan fingerprint density at radius 2 is 2.04 bits per heavy atom. The second kappa shape index (κ2) is 7.53. The van der Waals surface area contributed by atoms with E-state index in [9.17, 15) is 4.79 Å². The highest BCUT2D eigenvalue weighted by Crippen LogP contribution is 2.48. The highest BCUT2D eigenvalue weighted by molar-refractivity contribution is 5.83. The van der Waals surface area contributed by atoms with Crippen LogP contribution in [0, 0.1) is 5.92 Å². The first-order valence-corrected chi connectivity index (χ1v) is 8.38. The predicted octanol–water partition coefficient (Wildman–Crippen LogP) is 2.17. The Morgan fingerprint density at radius 1 is 1.17 bits per heavy atom. The second-order valence-corrected chi connectivity index (χ2v) is 6.62. The van der Waals surface area contributed by atoms with Gasteiger partial charge in [-0.2, -0.15) is 0 Å². The van der Waals surface area contributed by atoms with Gasteiger partial charge in [-0.25, -0.2) is 0 Å². The molecule has 1 amide bonds. The van der Waals surface area contributed by atoms with Crippen LogP contribution < -0.4 is 0 Å². The number of hydrogen-bond donors (Lipinski definition) is 0. The molecule has 2 atom stereocenters. The Kier molecular flexibility index (Phi) is 5.20. The summed E-state index contributed by atoms with van der Waals surface area (Å²) in [5.74, 6) is 0.633. The highest BCUT2D eigenvalue weighted by atomic mass is 16.2. The van der Waals surface area contributed by atoms with Crippen molar-refractivity contribution in [3.8, 4) is 0 Å². The summed E-state index contributed by atoms with van der Waals surface area (Å²) in [5.41, 5.74) is 2.10. The van der Waals surface area contributed by atoms with Gasteiger partial charge in [0.05, 0.1) is 12.2 Å². The van der Waals surface area contributed by atoms with Gasteiger partial charge in [0, 0.05) is 37.6 Å². The number of aromatic nitrogens is 2. The van der Waals surface area contributed by atoms with Gasteiger partial charge in [0.2, 0.25) is 5.91 Å². The zero-order valence-corrected chi connectivity index (χ0v) is 14.3. The molecule has 2 aromatic rings. The molecule has 0 spiro atoms. The Balaban J connectivity index is 1.67. The molecule has 3 rings (SSSR count). The summed E-state index contributed by atoms with van der Waals surface area (Å²) >= 11 is 0. The molecule has 1 aliphatic carbocycles. The molecule has 5 nitrogen and oxygen atoms in total. The van der Waals surface area contributed by atoms with Crippen molar-refractivity contribution in [2.24, 2.45) is 5.92 Å². The van der Waals surface area contributed by atoms with Crippen molar-refractivity contribution in [3.63, 3.8) is 0 Å². The van der Waals surface area contributed by atoms with Gasteiger partial charge in [-0.15, -0.1) is 0 Å². The van der Waals surface area contributed by atoms with E-state index in [2.05, 4.69) is 20.9 Å². The molecule has 1 saturated carbocycles. The fourth-order valence-electron chi connectivity index (χ4n) is 2.94. The topological polar surface area (TPSA) is 49.3 Å². The number of nitrogens with zero attached hydrogens (tertiary/aromatic N) is 4. The maximum atomic E-state index is 13.0. The SMILES string of the molecule is CN(C)CCN(Cc1ccccn1)C(=O)[C@@H]1C[C@H]1c1cccnc1. The summed E-state index contributed by atoms with van der Waals surface area (Å²) in [6, 6.07) is 9.84. The first kappa shape index (κ1) is 16.6. The lowest BCUT2D eigenvalue weighted by atomic mass is 10.1. The molecule has 0 aromatic carbocycles. The van der Waals surface area contributed by atoms with Crippen LogP contribution in [0.2, 0.25) is 0 Å². The van der Waals surface area contributed by atoms with Crippen molar-refractivity contribution in [3.05, 3.63) is 60.2 Å². The van der Waals surface area contributed by atoms with Gasteiger partial charge in [0.15, 0.2) is 0 Å². The van der Waals surface area contributed by atoms with Gasteiger partial charge in [0.25, 0.3) is 0 Å². The van der Waals surface area contributed by atoms with Crippen molar-refractivity contribution in [2.45, 2.75) is 18.9 Å². The van der Waals surface area contributed by atoms with Crippen LogP contribution in [0.15, 0.2) is 48.9 Å². The third kappa shape index (κ3) is 4.17. The number of rotatable bonds is 7. The van der Waals surface area contributed by atoms with Gasteiger partial charge in [-0.3, -0.25) is 14.8 Å². The molecule has 0 saturated heterocycles. The third-order valence-electron chi connectivity index (χ3n) is 4.43. The van der Waals surface area contributed by atoms with E-state index in [0.29, 0.717) is 12.5 Å². The molecule has 2 aromatic heterocycles. The Labute approximate surface area is 143 Å². The second-order valence-electron chi connectivity index (χ2n) is 6.62. The Morgan fingerprint density at radius 3 is 2.71 bits per heavy atom. The van der Waals surface area contributed by atoms with Gasteiger partial charge < -0.3 is 9.80 Å². The number of carbonyl (C=O) groups is 1. The smallest absolute Gasteiger partial charge is 0.226 e. The van der Waals surface area contributed by atoms with Crippen LogP contribution in [-0.4, -0.2) is 52.9 Å². The number of amides is 1. The quantitative estimate of drug-likeness (QED) is 0.783. The fraction of sp³-hybridized carbons (Fsp3) is 0.421. The maximum absolute atomic E-state index is 13.0. The molecule has 24 heavy (non-hydrogen) atoms. The fourth-order valence-corrected chi connectivity index (χ4v) is 2.94. The van der Waals surface area contributed by atoms with Crippen molar-refractivity contribution >= 4 is 5.91 Å². The molecule has 0 unspecified atom stereocenters. The van der Waals surface area contributed by atoms with E-state index in [4.69, 9.17) is 0 Å². The Hall–Kier alpha value is -2.27. The summed E-state index contributed by atoms with van der Waals surface area (Å²) in [6.07, 6.45) is 6.35. The van der Waals surface area contributed by atoms with Crippen molar-refractivity contribution < 1.29 is 4.79 Å². The lowest BCUT2D eigenvalue weighted by molar-refractivity contribution is -0.133. The molecule has 0 N–H and O–H groups in total. The highest BCUT2D eigenvalue weighted by Gasteiger charge is 2.45. The summed E-state index contributed by atoms with van der Waals surface area (Å²) in [5, 5.41) is 0. The van der Waals surface area contributed by atoms with E-state index >= 15 is 0 Å². The molecular formula is C19H24N4O. The third-order valence-corrected chi connectivity index (χ3v) is 4.43. The lowest BCUT2D eigenvalue weighted by Gasteiger charge is -2.24. The number of pyridine rings is 2. The van der Waals surface area contributed by atoms with Gasteiger partial charge >= 0.3 is 0 Å². The minimum absolute atomic E-state index is 0.0834. The average Bonchev–Trinajstić information content (AvgIpc) is 3.40. The maximum Gasteiger partial charge on any atom is 0.226 e. The monoisotopic (exact) mass is 324 g/mol. The zero-order chi connectivity index (χ0) is 16.9. The normalized spacial score (nSPS) is 19.3. The number of hydrogen-bond acceptors (Lipinski definition) is 4. The summed E-state index contributed by atoms with van der Waals surface area (Å²) in [7, 11) is 4.05. The molecule has 126 valence electrons. The number of carbonyl (C=O) groups excluding carboxylic acids is 1. The molecule has 2 heterocycles. The van der Waals surface area contributed by atoms with E-state index in [1.165, 1.54) is 5.56 Å². The minimum Gasteiger partial charge on any atom is -0.335 e. The van der Waals surface area contributed by atoms with Gasteiger partial charge in [-0.1, -0.05) is 12.1 Å². The van der Waals surface area contributed by atoms with Crippen LogP contribution >= 0.6 is 0 Å². The molecule has 0 bridgehead atoms. The van der Waals surface area contributed by atoms with Crippen LogP contribution in [0.3, 0.4) is 0 Å². The van der Waals surface area contributed by atoms with Crippen molar-refractivity contribution in [1.29, 1.82) is 0 Å². The van der Waals surface area contributed by atoms with E-state index in [1.54, 1.807) is 12.4 Å². The Bertz CT molecular complexity index is 660. The molecule has 5 heteroatoms. The van der Waals surface area contributed by atoms with Crippen LogP contribution in [0.25, 0.3) is 0 Å². The minimum atomic E-state index is 0.0834. The molecule has 1 aliphatic rings. The average molecular weight is 324 g/mol. The summed E-state index contributed by atoms with van der Waals surface area (Å²) in [4.78, 5) is 25.6. The lowest BCUT2D eigenvalue weighted by Crippen LogP contribution is -2.37. The molecule has 0 aliphatic heterocycles. The standard InChI is InChI=1S/C19H24N4O/c1-22(2)10-11-23(14-16-7-3-4-9-21-16)19(24)18-12-17(18)15-6-5-8-20-13-15/h3-9,13,17-18H,10-12,14H2,1-2H3/t17-,18+/m0/s1. The summed E-state index contributed by atoms with van der Waals surface area (Å²) < 4.78 is 0.